The van der Waals surface area contributed by atoms with E-state index in [2.05, 4.69) is 17.2 Å². The molecule has 0 spiro atoms. The number of nitrogen functional groups attached to an aromatic ring is 1. The molecule has 6 heteroatoms. The number of nitrogens with zero attached hydrogens (tertiary/aromatic N) is 1. The molecule has 0 radical (unpaired) electrons. The molecule has 112 valence electrons. The molecule has 0 aliphatic rings. The number of nitrogens with two attached hydrogens (primary N) is 1. The lowest BCUT2D eigenvalue weighted by molar-refractivity contribution is 0.0527. The van der Waals surface area contributed by atoms with Gasteiger partial charge in [0.15, 0.2) is 0 Å². The van der Waals surface area contributed by atoms with Gasteiger partial charge in [0, 0.05) is 13.2 Å². The molecule has 20 heavy (non-hydrogen) atoms. The van der Waals surface area contributed by atoms with Crippen LogP contribution < -0.4 is 11.1 Å². The number of hydrogen-bond donors (Lipinski definition) is 2. The number of anilines is 2. The standard InChI is InChI=1S/C14H23N3O3/c1-3-5-7-19-8-6-16-13-12(14(18)20-4-2)9-11(15)10-17-13/h9-10H,3-8,15H2,1-2H3,(H,16,17). The van der Waals surface area contributed by atoms with Crippen LogP contribution in [-0.4, -0.2) is 37.3 Å². The van der Waals surface area contributed by atoms with Gasteiger partial charge in [-0.3, -0.25) is 0 Å². The second kappa shape index (κ2) is 9.14. The van der Waals surface area contributed by atoms with Crippen LogP contribution in [0, 0.1) is 0 Å². The first kappa shape index (κ1) is 16.2. The van der Waals surface area contributed by atoms with Crippen LogP contribution in [0.2, 0.25) is 0 Å². The summed E-state index contributed by atoms with van der Waals surface area (Å²) >= 11 is 0. The number of carbonyl (C=O) groups excluding carboxylic acids is 1. The molecule has 0 aliphatic heterocycles. The van der Waals surface area contributed by atoms with Gasteiger partial charge in [-0.25, -0.2) is 9.78 Å². The van der Waals surface area contributed by atoms with E-state index in [1.165, 1.54) is 6.20 Å². The number of rotatable bonds is 9. The second-order valence-corrected chi connectivity index (χ2v) is 4.28. The van der Waals surface area contributed by atoms with Crippen LogP contribution in [0.15, 0.2) is 12.3 Å². The Morgan fingerprint density at radius 1 is 1.40 bits per heavy atom. The van der Waals surface area contributed by atoms with Gasteiger partial charge in [-0.15, -0.1) is 0 Å². The van der Waals surface area contributed by atoms with Crippen molar-refractivity contribution in [2.75, 3.05) is 37.4 Å². The van der Waals surface area contributed by atoms with Crippen molar-refractivity contribution in [1.29, 1.82) is 0 Å². The molecule has 0 bridgehead atoms. The summed E-state index contributed by atoms with van der Waals surface area (Å²) in [7, 11) is 0. The van der Waals surface area contributed by atoms with Gasteiger partial charge in [0.25, 0.3) is 0 Å². The predicted octanol–water partition coefficient (Wildman–Crippen LogP) is 2.07. The number of unbranched alkanes of at least 4 members (excludes halogenated alkanes) is 1. The fourth-order valence-electron chi connectivity index (χ4n) is 1.58. The Hall–Kier alpha value is -1.82. The minimum Gasteiger partial charge on any atom is -0.462 e. The average Bonchev–Trinajstić information content (AvgIpc) is 2.44. The smallest absolute Gasteiger partial charge is 0.341 e. The van der Waals surface area contributed by atoms with Crippen LogP contribution in [0.25, 0.3) is 0 Å². The molecule has 6 nitrogen and oxygen atoms in total. The fourth-order valence-corrected chi connectivity index (χ4v) is 1.58. The number of hydrogen-bond acceptors (Lipinski definition) is 6. The summed E-state index contributed by atoms with van der Waals surface area (Å²) in [5, 5.41) is 3.06. The van der Waals surface area contributed by atoms with E-state index < -0.39 is 5.97 Å². The van der Waals surface area contributed by atoms with Crippen molar-refractivity contribution in [3.8, 4) is 0 Å². The van der Waals surface area contributed by atoms with Crippen LogP contribution in [0.5, 0.6) is 0 Å². The Morgan fingerprint density at radius 3 is 2.90 bits per heavy atom. The third-order valence-electron chi connectivity index (χ3n) is 2.59. The van der Waals surface area contributed by atoms with E-state index in [0.717, 1.165) is 19.4 Å². The van der Waals surface area contributed by atoms with Gasteiger partial charge in [0.05, 0.1) is 25.1 Å². The topological polar surface area (TPSA) is 86.5 Å². The van der Waals surface area contributed by atoms with Crippen LogP contribution in [0.1, 0.15) is 37.0 Å². The van der Waals surface area contributed by atoms with Crippen molar-refractivity contribution in [3.63, 3.8) is 0 Å². The van der Waals surface area contributed by atoms with Gasteiger partial charge in [-0.1, -0.05) is 13.3 Å². The monoisotopic (exact) mass is 281 g/mol. The molecule has 0 unspecified atom stereocenters. The van der Waals surface area contributed by atoms with E-state index in [4.69, 9.17) is 15.2 Å². The molecular formula is C14H23N3O3. The SMILES string of the molecule is CCCCOCCNc1ncc(N)cc1C(=O)OCC. The highest BCUT2D eigenvalue weighted by atomic mass is 16.5. The lowest BCUT2D eigenvalue weighted by Gasteiger charge is -2.11. The molecule has 0 saturated heterocycles. The number of nitrogens with one attached hydrogen (secondary N) is 1. The first-order chi connectivity index (χ1) is 9.69. The number of aromatic nitrogens is 1. The molecule has 0 atom stereocenters. The maximum atomic E-state index is 11.8. The molecular weight excluding hydrogens is 258 g/mol. The third-order valence-corrected chi connectivity index (χ3v) is 2.59. The Bertz CT molecular complexity index is 424. The summed E-state index contributed by atoms with van der Waals surface area (Å²) in [5.74, 6) is 0.0402. The summed E-state index contributed by atoms with van der Waals surface area (Å²) in [4.78, 5) is 15.9. The van der Waals surface area contributed by atoms with E-state index >= 15 is 0 Å². The molecule has 1 aromatic heterocycles. The van der Waals surface area contributed by atoms with Crippen LogP contribution in [0.4, 0.5) is 11.5 Å². The zero-order valence-corrected chi connectivity index (χ0v) is 12.1. The molecule has 1 heterocycles. The minimum absolute atomic E-state index is 0.313. The number of carbonyl (C=O) groups is 1. The van der Waals surface area contributed by atoms with E-state index in [9.17, 15) is 4.79 Å². The van der Waals surface area contributed by atoms with E-state index in [-0.39, 0.29) is 0 Å². The summed E-state index contributed by atoms with van der Waals surface area (Å²) < 4.78 is 10.4. The Labute approximate surface area is 119 Å². The van der Waals surface area contributed by atoms with Gasteiger partial charge in [-0.2, -0.15) is 0 Å². The third kappa shape index (κ3) is 5.44. The first-order valence-electron chi connectivity index (χ1n) is 6.93. The highest BCUT2D eigenvalue weighted by Gasteiger charge is 2.14. The van der Waals surface area contributed by atoms with Gasteiger partial charge in [-0.05, 0) is 19.4 Å². The molecule has 3 N–H and O–H groups in total. The van der Waals surface area contributed by atoms with Gasteiger partial charge in [0.1, 0.15) is 11.4 Å². The van der Waals surface area contributed by atoms with Crippen molar-refractivity contribution in [2.24, 2.45) is 0 Å². The summed E-state index contributed by atoms with van der Waals surface area (Å²) in [6.45, 7) is 6.07. The molecule has 0 aromatic carbocycles. The largest absolute Gasteiger partial charge is 0.462 e. The molecule has 0 saturated carbocycles. The molecule has 0 aliphatic carbocycles. The number of pyridine rings is 1. The zero-order valence-electron chi connectivity index (χ0n) is 12.1. The molecule has 1 rings (SSSR count). The predicted molar refractivity (Wildman–Crippen MR) is 78.8 cm³/mol. The Morgan fingerprint density at radius 2 is 2.20 bits per heavy atom. The van der Waals surface area contributed by atoms with Gasteiger partial charge in [0.2, 0.25) is 0 Å². The van der Waals surface area contributed by atoms with Crippen molar-refractivity contribution >= 4 is 17.5 Å². The molecule has 1 aromatic rings. The maximum Gasteiger partial charge on any atom is 0.341 e. The lowest BCUT2D eigenvalue weighted by Crippen LogP contribution is -2.15. The second-order valence-electron chi connectivity index (χ2n) is 4.28. The van der Waals surface area contributed by atoms with E-state index in [0.29, 0.717) is 36.8 Å². The van der Waals surface area contributed by atoms with Gasteiger partial charge >= 0.3 is 5.97 Å². The van der Waals surface area contributed by atoms with Crippen molar-refractivity contribution in [3.05, 3.63) is 17.8 Å². The minimum atomic E-state index is -0.429. The highest BCUT2D eigenvalue weighted by Crippen LogP contribution is 2.16. The average molecular weight is 281 g/mol. The summed E-state index contributed by atoms with van der Waals surface area (Å²) in [6.07, 6.45) is 3.66. The summed E-state index contributed by atoms with van der Waals surface area (Å²) in [6, 6.07) is 1.56. The fraction of sp³-hybridized carbons (Fsp3) is 0.571. The number of esters is 1. The highest BCUT2D eigenvalue weighted by molar-refractivity contribution is 5.95. The van der Waals surface area contributed by atoms with E-state index in [1.54, 1.807) is 13.0 Å². The quantitative estimate of drug-likeness (QED) is 0.532. The first-order valence-corrected chi connectivity index (χ1v) is 6.93. The Kier molecular flexibility index (Phi) is 7.42. The van der Waals surface area contributed by atoms with Crippen LogP contribution in [0.3, 0.4) is 0 Å². The zero-order chi connectivity index (χ0) is 14.8. The van der Waals surface area contributed by atoms with E-state index in [1.807, 2.05) is 0 Å². The van der Waals surface area contributed by atoms with Crippen molar-refractivity contribution < 1.29 is 14.3 Å². The lowest BCUT2D eigenvalue weighted by atomic mass is 10.2. The van der Waals surface area contributed by atoms with Crippen molar-refractivity contribution in [2.45, 2.75) is 26.7 Å². The van der Waals surface area contributed by atoms with Crippen LogP contribution >= 0.6 is 0 Å². The Balaban J connectivity index is 2.53. The molecule has 0 amide bonds. The van der Waals surface area contributed by atoms with Crippen molar-refractivity contribution in [1.82, 2.24) is 4.98 Å². The maximum absolute atomic E-state index is 11.8. The molecule has 0 fully saturated rings. The van der Waals surface area contributed by atoms with Crippen LogP contribution in [-0.2, 0) is 9.47 Å². The number of ether oxygens (including phenoxy) is 2. The normalized spacial score (nSPS) is 10.3. The van der Waals surface area contributed by atoms with Gasteiger partial charge < -0.3 is 20.5 Å². The summed E-state index contributed by atoms with van der Waals surface area (Å²) in [5.41, 5.74) is 6.42.